The molecule has 2 aliphatic carbocycles. The second kappa shape index (κ2) is 12.8. The van der Waals surface area contributed by atoms with Crippen LogP contribution in [-0.4, -0.2) is 44.6 Å². The van der Waals surface area contributed by atoms with Gasteiger partial charge in [-0.15, -0.1) is 0 Å². The van der Waals surface area contributed by atoms with Crippen molar-refractivity contribution in [1.82, 2.24) is 25.2 Å². The van der Waals surface area contributed by atoms with Crippen molar-refractivity contribution in [3.63, 3.8) is 0 Å². The number of nitrogens with one attached hydrogen (secondary N) is 3. The lowest BCUT2D eigenvalue weighted by Crippen LogP contribution is -2.33. The molecule has 0 radical (unpaired) electrons. The molecule has 0 aliphatic heterocycles. The van der Waals surface area contributed by atoms with Gasteiger partial charge in [-0.2, -0.15) is 5.10 Å². The predicted octanol–water partition coefficient (Wildman–Crippen LogP) is 5.87. The number of carbonyl (C=O) groups is 4. The quantitative estimate of drug-likeness (QED) is 0.209. The average Bonchev–Trinajstić information content (AvgIpc) is 3.66. The molecule has 10 nitrogen and oxygen atoms in total. The number of nitrogens with zero attached hydrogens (tertiary/aromatic N) is 3. The first-order valence-corrected chi connectivity index (χ1v) is 15.8. The molecule has 0 unspecified atom stereocenters. The maximum atomic E-state index is 13.9. The van der Waals surface area contributed by atoms with Crippen molar-refractivity contribution in [3.8, 4) is 0 Å². The largest absolute Gasteiger partial charge is 0.350 e. The second-order valence-corrected chi connectivity index (χ2v) is 12.3. The summed E-state index contributed by atoms with van der Waals surface area (Å²) in [5.41, 5.74) is 4.30. The first kappa shape index (κ1) is 30.5. The number of benzene rings is 2. The molecule has 6 rings (SSSR count). The zero-order chi connectivity index (χ0) is 31.7. The molecule has 2 aromatic carbocycles. The molecule has 0 bridgehead atoms. The van der Waals surface area contributed by atoms with E-state index in [9.17, 15) is 19.2 Å². The van der Waals surface area contributed by atoms with Gasteiger partial charge in [0.1, 0.15) is 17.0 Å². The van der Waals surface area contributed by atoms with E-state index in [0.29, 0.717) is 35.2 Å². The number of hydrogen-bond acceptors (Lipinski definition) is 6. The van der Waals surface area contributed by atoms with Crippen LogP contribution in [-0.2, 0) is 6.42 Å². The van der Waals surface area contributed by atoms with Crippen LogP contribution in [0.1, 0.15) is 110 Å². The van der Waals surface area contributed by atoms with Gasteiger partial charge in [0.15, 0.2) is 11.4 Å². The Hall–Kier alpha value is -4.57. The highest BCUT2D eigenvalue weighted by atomic mass is 35.5. The fraction of sp³-hybridized carbons (Fsp3) is 0.353. The van der Waals surface area contributed by atoms with Crippen molar-refractivity contribution in [2.24, 2.45) is 5.92 Å². The number of rotatable bonds is 8. The summed E-state index contributed by atoms with van der Waals surface area (Å²) < 4.78 is 1.29. The molecular weight excluding hydrogens is 592 g/mol. The van der Waals surface area contributed by atoms with E-state index in [1.54, 1.807) is 37.3 Å². The number of para-hydroxylation sites is 1. The van der Waals surface area contributed by atoms with Gasteiger partial charge in [0.2, 0.25) is 0 Å². The second-order valence-electron chi connectivity index (χ2n) is 11.9. The predicted molar refractivity (Wildman–Crippen MR) is 171 cm³/mol. The summed E-state index contributed by atoms with van der Waals surface area (Å²) in [6.45, 7) is 4.00. The van der Waals surface area contributed by atoms with Gasteiger partial charge in [-0.3, -0.25) is 19.2 Å². The number of carbonyl (C=O) groups excluding carboxylic acids is 4. The van der Waals surface area contributed by atoms with Crippen LogP contribution < -0.4 is 16.0 Å². The van der Waals surface area contributed by atoms with Gasteiger partial charge < -0.3 is 16.0 Å². The first-order valence-electron chi connectivity index (χ1n) is 15.4. The van der Waals surface area contributed by atoms with E-state index in [2.05, 4.69) is 26.0 Å². The van der Waals surface area contributed by atoms with Crippen molar-refractivity contribution in [2.75, 3.05) is 11.9 Å². The first-order chi connectivity index (χ1) is 21.7. The summed E-state index contributed by atoms with van der Waals surface area (Å²) in [4.78, 5) is 57.2. The molecule has 11 heteroatoms. The molecule has 1 fully saturated rings. The van der Waals surface area contributed by atoms with Gasteiger partial charge in [-0.05, 0) is 74.3 Å². The van der Waals surface area contributed by atoms with E-state index < -0.39 is 17.7 Å². The van der Waals surface area contributed by atoms with Crippen molar-refractivity contribution < 1.29 is 19.2 Å². The topological polar surface area (TPSA) is 135 Å². The zero-order valence-electron chi connectivity index (χ0n) is 25.3. The highest BCUT2D eigenvalue weighted by molar-refractivity contribution is 6.34. The molecule has 1 atom stereocenters. The van der Waals surface area contributed by atoms with Crippen LogP contribution in [0.5, 0.6) is 0 Å². The maximum Gasteiger partial charge on any atom is 0.270 e. The third-order valence-corrected chi connectivity index (χ3v) is 9.29. The Morgan fingerprint density at radius 1 is 0.956 bits per heavy atom. The van der Waals surface area contributed by atoms with Crippen molar-refractivity contribution >= 4 is 46.4 Å². The summed E-state index contributed by atoms with van der Waals surface area (Å²) in [6.07, 6.45) is 8.34. The standard InChI is InChI=1S/C34H35ClN6O4/c1-19-22(20(2)42)12-13-24-23(19)14-15-27(24)39-34(45)30-16-29(33(44)36-17-21-8-4-3-5-9-21)38-31-25(18-37-41(30)31)32(43)40-28-11-7-6-10-26(28)35/h6-7,10-13,16,18,21,27H,3-5,8-9,14-15,17H2,1-2H3,(H,36,44)(H,39,45)(H,40,43)/t27-/m0/s1. The molecule has 2 heterocycles. The van der Waals surface area contributed by atoms with E-state index in [-0.39, 0.29) is 34.4 Å². The minimum Gasteiger partial charge on any atom is -0.350 e. The average molecular weight is 627 g/mol. The van der Waals surface area contributed by atoms with Gasteiger partial charge in [0, 0.05) is 18.2 Å². The minimum atomic E-state index is -0.529. The number of aromatic nitrogens is 3. The summed E-state index contributed by atoms with van der Waals surface area (Å²) in [6, 6.07) is 11.7. The molecule has 2 aliphatic rings. The van der Waals surface area contributed by atoms with E-state index in [1.165, 1.54) is 23.2 Å². The van der Waals surface area contributed by atoms with Crippen molar-refractivity contribution in [1.29, 1.82) is 0 Å². The van der Waals surface area contributed by atoms with Gasteiger partial charge in [-0.1, -0.05) is 55.1 Å². The number of amides is 3. The summed E-state index contributed by atoms with van der Waals surface area (Å²) in [5, 5.41) is 13.5. The Morgan fingerprint density at radius 3 is 2.49 bits per heavy atom. The van der Waals surface area contributed by atoms with Gasteiger partial charge in [0.25, 0.3) is 17.7 Å². The molecule has 3 N–H and O–H groups in total. The number of Topliss-reactive ketones (excluding diaryl/α,β-unsaturated/α-hetero) is 1. The fourth-order valence-corrected chi connectivity index (χ4v) is 6.70. The molecule has 0 spiro atoms. The molecular formula is C34H35ClN6O4. The van der Waals surface area contributed by atoms with Gasteiger partial charge in [0.05, 0.1) is 22.9 Å². The van der Waals surface area contributed by atoms with Crippen LogP contribution >= 0.6 is 11.6 Å². The molecule has 3 amide bonds. The van der Waals surface area contributed by atoms with Crippen LogP contribution in [0, 0.1) is 12.8 Å². The van der Waals surface area contributed by atoms with Crippen LogP contribution in [0.4, 0.5) is 5.69 Å². The Labute approximate surface area is 265 Å². The SMILES string of the molecule is CC(=O)c1ccc2c(c1C)CC[C@@H]2NC(=O)c1cc(C(=O)NCC2CCCCC2)nc2c(C(=O)Nc3ccccc3Cl)cnn12. The van der Waals surface area contributed by atoms with Crippen LogP contribution in [0.15, 0.2) is 48.7 Å². The molecule has 45 heavy (non-hydrogen) atoms. The lowest BCUT2D eigenvalue weighted by molar-refractivity contribution is 0.0926. The molecule has 2 aromatic heterocycles. The third-order valence-electron chi connectivity index (χ3n) is 8.96. The highest BCUT2D eigenvalue weighted by Gasteiger charge is 2.29. The number of hydrogen-bond donors (Lipinski definition) is 3. The molecule has 232 valence electrons. The summed E-state index contributed by atoms with van der Waals surface area (Å²) in [7, 11) is 0. The van der Waals surface area contributed by atoms with E-state index in [1.807, 2.05) is 13.0 Å². The smallest absolute Gasteiger partial charge is 0.270 e. The third kappa shape index (κ3) is 6.20. The van der Waals surface area contributed by atoms with Crippen LogP contribution in [0.25, 0.3) is 5.65 Å². The monoisotopic (exact) mass is 626 g/mol. The Balaban J connectivity index is 1.32. The van der Waals surface area contributed by atoms with E-state index in [4.69, 9.17) is 11.6 Å². The normalized spacial score (nSPS) is 16.3. The Bertz CT molecular complexity index is 1830. The number of halogens is 1. The molecule has 4 aromatic rings. The van der Waals surface area contributed by atoms with Crippen molar-refractivity contribution in [3.05, 3.63) is 92.9 Å². The minimum absolute atomic E-state index is 0.00400. The highest BCUT2D eigenvalue weighted by Crippen LogP contribution is 2.35. The molecule has 0 saturated heterocycles. The number of ketones is 1. The van der Waals surface area contributed by atoms with Gasteiger partial charge >= 0.3 is 0 Å². The lowest BCUT2D eigenvalue weighted by atomic mass is 9.89. The van der Waals surface area contributed by atoms with E-state index in [0.717, 1.165) is 48.8 Å². The summed E-state index contributed by atoms with van der Waals surface area (Å²) in [5.74, 6) is -1.01. The number of anilines is 1. The maximum absolute atomic E-state index is 13.9. The Morgan fingerprint density at radius 2 is 1.73 bits per heavy atom. The Kier molecular flexibility index (Phi) is 8.67. The van der Waals surface area contributed by atoms with Crippen LogP contribution in [0.2, 0.25) is 5.02 Å². The van der Waals surface area contributed by atoms with E-state index >= 15 is 0 Å². The van der Waals surface area contributed by atoms with Crippen LogP contribution in [0.3, 0.4) is 0 Å². The lowest BCUT2D eigenvalue weighted by Gasteiger charge is -2.21. The van der Waals surface area contributed by atoms with Crippen molar-refractivity contribution in [2.45, 2.75) is 64.8 Å². The zero-order valence-corrected chi connectivity index (χ0v) is 26.0. The molecule has 1 saturated carbocycles. The number of fused-ring (bicyclic) bond motifs is 2. The summed E-state index contributed by atoms with van der Waals surface area (Å²) >= 11 is 6.26. The fourth-order valence-electron chi connectivity index (χ4n) is 6.52. The van der Waals surface area contributed by atoms with Gasteiger partial charge in [-0.25, -0.2) is 9.50 Å².